The van der Waals surface area contributed by atoms with Crippen LogP contribution in [-0.2, 0) is 4.79 Å². The number of anilines is 1. The van der Waals surface area contributed by atoms with Gasteiger partial charge in [0.2, 0.25) is 5.91 Å². The average molecular weight is 293 g/mol. The number of likely N-dealkylation sites (tertiary alicyclic amines) is 1. The minimum atomic E-state index is -0.621. The van der Waals surface area contributed by atoms with Gasteiger partial charge < -0.3 is 16.0 Å². The van der Waals surface area contributed by atoms with Crippen molar-refractivity contribution in [1.29, 1.82) is 0 Å². The number of carbonyl (C=O) groups excluding carboxylic acids is 2. The molecule has 6 heteroatoms. The summed E-state index contributed by atoms with van der Waals surface area (Å²) in [6.07, 6.45) is 3.46. The first-order valence-corrected chi connectivity index (χ1v) is 7.19. The number of halogens is 1. The van der Waals surface area contributed by atoms with Gasteiger partial charge in [-0.1, -0.05) is 0 Å². The summed E-state index contributed by atoms with van der Waals surface area (Å²) in [7, 11) is 0. The summed E-state index contributed by atoms with van der Waals surface area (Å²) in [6, 6.07) is 3.84. The smallest absolute Gasteiger partial charge is 0.254 e. The van der Waals surface area contributed by atoms with Gasteiger partial charge in [0.1, 0.15) is 5.82 Å². The minimum absolute atomic E-state index is 0.0306. The monoisotopic (exact) mass is 293 g/mol. The van der Waals surface area contributed by atoms with Crippen LogP contribution in [0, 0.1) is 5.82 Å². The van der Waals surface area contributed by atoms with E-state index in [9.17, 15) is 14.0 Å². The molecule has 0 radical (unpaired) electrons. The molecule has 0 aliphatic carbocycles. The van der Waals surface area contributed by atoms with Crippen molar-refractivity contribution in [3.05, 3.63) is 29.6 Å². The molecule has 1 aliphatic heterocycles. The Morgan fingerprint density at radius 1 is 1.24 bits per heavy atom. The van der Waals surface area contributed by atoms with Gasteiger partial charge in [0, 0.05) is 31.7 Å². The van der Waals surface area contributed by atoms with Crippen LogP contribution in [0.1, 0.15) is 36.0 Å². The lowest BCUT2D eigenvalue weighted by Crippen LogP contribution is -2.37. The Kier molecular flexibility index (Phi) is 5.14. The maximum atomic E-state index is 13.5. The molecule has 114 valence electrons. The highest BCUT2D eigenvalue weighted by atomic mass is 19.1. The summed E-state index contributed by atoms with van der Waals surface area (Å²) >= 11 is 0. The van der Waals surface area contributed by atoms with Gasteiger partial charge in [0.15, 0.2) is 0 Å². The summed E-state index contributed by atoms with van der Waals surface area (Å²) < 4.78 is 13.5. The van der Waals surface area contributed by atoms with E-state index in [2.05, 4.69) is 5.32 Å². The number of benzene rings is 1. The number of piperidine rings is 1. The van der Waals surface area contributed by atoms with Gasteiger partial charge in [-0.05, 0) is 37.5 Å². The Labute approximate surface area is 123 Å². The number of amides is 2. The number of nitrogens with two attached hydrogens (primary N) is 1. The zero-order valence-electron chi connectivity index (χ0n) is 11.9. The summed E-state index contributed by atoms with van der Waals surface area (Å²) in [4.78, 5) is 25.6. The number of hydrogen-bond acceptors (Lipinski definition) is 3. The first-order valence-electron chi connectivity index (χ1n) is 7.19. The Morgan fingerprint density at radius 2 is 1.95 bits per heavy atom. The van der Waals surface area contributed by atoms with Gasteiger partial charge in [-0.2, -0.15) is 0 Å². The topological polar surface area (TPSA) is 75.4 Å². The van der Waals surface area contributed by atoms with Crippen LogP contribution in [0.4, 0.5) is 10.1 Å². The Bertz CT molecular complexity index is 528. The third-order valence-corrected chi connectivity index (χ3v) is 3.57. The van der Waals surface area contributed by atoms with Gasteiger partial charge in [-0.3, -0.25) is 9.59 Å². The van der Waals surface area contributed by atoms with Crippen molar-refractivity contribution in [3.8, 4) is 0 Å². The molecule has 0 aromatic heterocycles. The van der Waals surface area contributed by atoms with Crippen LogP contribution in [0.2, 0.25) is 0 Å². The summed E-state index contributed by atoms with van der Waals surface area (Å²) in [5, 5.41) is 2.56. The fourth-order valence-electron chi connectivity index (χ4n) is 2.40. The molecule has 0 bridgehead atoms. The molecule has 5 nitrogen and oxygen atoms in total. The molecule has 0 spiro atoms. The molecule has 2 rings (SSSR count). The van der Waals surface area contributed by atoms with E-state index < -0.39 is 11.7 Å². The Hall–Kier alpha value is -2.11. The van der Waals surface area contributed by atoms with Crippen LogP contribution in [0.15, 0.2) is 18.2 Å². The van der Waals surface area contributed by atoms with Crippen molar-refractivity contribution in [1.82, 2.24) is 10.2 Å². The molecule has 3 N–H and O–H groups in total. The first kappa shape index (κ1) is 15.3. The summed E-state index contributed by atoms with van der Waals surface area (Å²) in [5.74, 6) is -1.14. The van der Waals surface area contributed by atoms with Gasteiger partial charge in [-0.25, -0.2) is 4.39 Å². The van der Waals surface area contributed by atoms with E-state index in [0.717, 1.165) is 38.4 Å². The lowest BCUT2D eigenvalue weighted by atomic mass is 10.1. The maximum Gasteiger partial charge on any atom is 0.254 e. The molecule has 1 saturated heterocycles. The first-order chi connectivity index (χ1) is 10.1. The van der Waals surface area contributed by atoms with Crippen LogP contribution in [-0.4, -0.2) is 36.3 Å². The van der Waals surface area contributed by atoms with Crippen molar-refractivity contribution < 1.29 is 14.0 Å². The highest BCUT2D eigenvalue weighted by molar-refractivity contribution is 5.95. The van der Waals surface area contributed by atoms with E-state index >= 15 is 0 Å². The van der Waals surface area contributed by atoms with Crippen molar-refractivity contribution in [3.63, 3.8) is 0 Å². The lowest BCUT2D eigenvalue weighted by molar-refractivity contribution is -0.131. The number of nitrogen functional groups attached to an aromatic ring is 1. The Balaban J connectivity index is 1.81. The van der Waals surface area contributed by atoms with E-state index in [1.54, 1.807) is 0 Å². The molecule has 2 amide bonds. The van der Waals surface area contributed by atoms with E-state index in [0.29, 0.717) is 5.69 Å². The summed E-state index contributed by atoms with van der Waals surface area (Å²) in [6.45, 7) is 1.77. The van der Waals surface area contributed by atoms with E-state index in [1.165, 1.54) is 12.1 Å². The second-order valence-electron chi connectivity index (χ2n) is 5.19. The molecule has 1 heterocycles. The maximum absolute atomic E-state index is 13.5. The molecule has 1 aromatic carbocycles. The van der Waals surface area contributed by atoms with Crippen molar-refractivity contribution in [2.45, 2.75) is 25.7 Å². The molecule has 21 heavy (non-hydrogen) atoms. The highest BCUT2D eigenvalue weighted by Crippen LogP contribution is 2.12. The number of nitrogens with one attached hydrogen (secondary N) is 1. The number of rotatable bonds is 4. The van der Waals surface area contributed by atoms with Crippen LogP contribution < -0.4 is 11.1 Å². The summed E-state index contributed by atoms with van der Waals surface area (Å²) in [5.41, 5.74) is 5.76. The fourth-order valence-corrected chi connectivity index (χ4v) is 2.40. The third-order valence-electron chi connectivity index (χ3n) is 3.57. The predicted molar refractivity (Wildman–Crippen MR) is 78.2 cm³/mol. The fraction of sp³-hybridized carbons (Fsp3) is 0.467. The second-order valence-corrected chi connectivity index (χ2v) is 5.19. The molecule has 0 unspecified atom stereocenters. The number of carbonyl (C=O) groups is 2. The quantitative estimate of drug-likeness (QED) is 0.827. The van der Waals surface area contributed by atoms with E-state index in [4.69, 9.17) is 5.73 Å². The van der Waals surface area contributed by atoms with Gasteiger partial charge in [0.25, 0.3) is 5.91 Å². The highest BCUT2D eigenvalue weighted by Gasteiger charge is 2.17. The normalized spacial score (nSPS) is 14.8. The van der Waals surface area contributed by atoms with Crippen LogP contribution in [0.3, 0.4) is 0 Å². The molecular formula is C15H20FN3O2. The second kappa shape index (κ2) is 7.06. The molecular weight excluding hydrogens is 273 g/mol. The minimum Gasteiger partial charge on any atom is -0.399 e. The van der Waals surface area contributed by atoms with Crippen LogP contribution in [0.5, 0.6) is 0 Å². The van der Waals surface area contributed by atoms with E-state index in [-0.39, 0.29) is 24.4 Å². The molecule has 1 aliphatic rings. The number of nitrogens with zero attached hydrogens (tertiary/aromatic N) is 1. The van der Waals surface area contributed by atoms with Gasteiger partial charge in [0.05, 0.1) is 5.56 Å². The Morgan fingerprint density at radius 3 is 2.67 bits per heavy atom. The van der Waals surface area contributed by atoms with Crippen molar-refractivity contribution in [2.24, 2.45) is 0 Å². The van der Waals surface area contributed by atoms with Gasteiger partial charge in [-0.15, -0.1) is 0 Å². The lowest BCUT2D eigenvalue weighted by Gasteiger charge is -2.26. The van der Waals surface area contributed by atoms with Crippen LogP contribution >= 0.6 is 0 Å². The molecule has 0 atom stereocenters. The molecule has 1 aromatic rings. The zero-order chi connectivity index (χ0) is 15.2. The van der Waals surface area contributed by atoms with Gasteiger partial charge >= 0.3 is 0 Å². The SMILES string of the molecule is Nc1ccc(F)c(C(=O)NCCC(=O)N2CCCCC2)c1. The van der Waals surface area contributed by atoms with E-state index in [1.807, 2.05) is 4.90 Å². The largest absolute Gasteiger partial charge is 0.399 e. The molecule has 0 saturated carbocycles. The standard InChI is InChI=1S/C15H20FN3O2/c16-13-5-4-11(17)10-12(13)15(21)18-7-6-14(20)19-8-2-1-3-9-19/h4-5,10H,1-3,6-9,17H2,(H,18,21). The molecule has 1 fully saturated rings. The van der Waals surface area contributed by atoms with Crippen molar-refractivity contribution >= 4 is 17.5 Å². The van der Waals surface area contributed by atoms with Crippen molar-refractivity contribution in [2.75, 3.05) is 25.4 Å². The third kappa shape index (κ3) is 4.18. The zero-order valence-corrected chi connectivity index (χ0v) is 11.9. The van der Waals surface area contributed by atoms with Crippen LogP contribution in [0.25, 0.3) is 0 Å². The number of hydrogen-bond donors (Lipinski definition) is 2. The average Bonchev–Trinajstić information content (AvgIpc) is 2.50. The predicted octanol–water partition coefficient (Wildman–Crippen LogP) is 1.54.